The molecule has 0 aromatic carbocycles. The van der Waals surface area contributed by atoms with Crippen LogP contribution in [-0.2, 0) is 31.9 Å². The number of amides is 1. The maximum atomic E-state index is 13.0. The Morgan fingerprint density at radius 2 is 1.76 bits per heavy atom. The van der Waals surface area contributed by atoms with Crippen molar-refractivity contribution in [3.05, 3.63) is 11.9 Å². The van der Waals surface area contributed by atoms with Crippen molar-refractivity contribution in [1.82, 2.24) is 23.3 Å². The van der Waals surface area contributed by atoms with Gasteiger partial charge in [0.05, 0.1) is 23.6 Å². The summed E-state index contributed by atoms with van der Waals surface area (Å²) in [6, 6.07) is 0. The van der Waals surface area contributed by atoms with Crippen molar-refractivity contribution < 1.29 is 21.6 Å². The first kappa shape index (κ1) is 22.2. The van der Waals surface area contributed by atoms with E-state index in [2.05, 4.69) is 5.10 Å². The Labute approximate surface area is 172 Å². The summed E-state index contributed by atoms with van der Waals surface area (Å²) in [5, 5.41) is 4.02. The third kappa shape index (κ3) is 4.35. The van der Waals surface area contributed by atoms with Gasteiger partial charge in [0.15, 0.2) is 0 Å². The standard InChI is InChI=1S/C17H29N5O5S2/c1-4-28(24,25)21-10-8-20(9-11-21)17(23)15-6-5-7-22(13-15)29(26,27)16-12-18-19(3)14(16)2/h12,15H,4-11,13H2,1-3H3. The summed E-state index contributed by atoms with van der Waals surface area (Å²) in [5.74, 6) is -0.462. The first-order valence-electron chi connectivity index (χ1n) is 9.83. The summed E-state index contributed by atoms with van der Waals surface area (Å²) in [6.45, 7) is 5.07. The molecule has 0 N–H and O–H groups in total. The van der Waals surface area contributed by atoms with Gasteiger partial charge >= 0.3 is 0 Å². The number of hydrogen-bond acceptors (Lipinski definition) is 6. The number of rotatable bonds is 5. The molecule has 3 heterocycles. The number of carbonyl (C=O) groups is 1. The average molecular weight is 448 g/mol. The molecule has 1 unspecified atom stereocenters. The Kier molecular flexibility index (Phi) is 6.37. The van der Waals surface area contributed by atoms with Gasteiger partial charge in [-0.25, -0.2) is 16.8 Å². The quantitative estimate of drug-likeness (QED) is 0.608. The van der Waals surface area contributed by atoms with Crippen LogP contribution in [0.1, 0.15) is 25.5 Å². The average Bonchev–Trinajstić information content (AvgIpc) is 3.07. The number of aromatic nitrogens is 2. The number of aryl methyl sites for hydroxylation is 1. The van der Waals surface area contributed by atoms with Gasteiger partial charge in [0.2, 0.25) is 26.0 Å². The van der Waals surface area contributed by atoms with E-state index in [0.29, 0.717) is 38.2 Å². The van der Waals surface area contributed by atoms with Crippen molar-refractivity contribution in [2.75, 3.05) is 45.0 Å². The Morgan fingerprint density at radius 1 is 1.10 bits per heavy atom. The van der Waals surface area contributed by atoms with Gasteiger partial charge in [-0.3, -0.25) is 9.48 Å². The number of piperazine rings is 1. The van der Waals surface area contributed by atoms with Crippen LogP contribution in [0.15, 0.2) is 11.1 Å². The van der Waals surface area contributed by atoms with Crippen LogP contribution in [0.3, 0.4) is 0 Å². The molecule has 2 aliphatic rings. The lowest BCUT2D eigenvalue weighted by Gasteiger charge is -2.38. The summed E-state index contributed by atoms with van der Waals surface area (Å²) in [6.07, 6.45) is 2.59. The molecule has 0 aliphatic carbocycles. The molecule has 0 saturated carbocycles. The number of sulfonamides is 2. The van der Waals surface area contributed by atoms with Gasteiger partial charge in [-0.15, -0.1) is 0 Å². The van der Waals surface area contributed by atoms with Crippen molar-refractivity contribution in [2.24, 2.45) is 13.0 Å². The second-order valence-corrected chi connectivity index (χ2v) is 11.7. The Hall–Kier alpha value is -1.50. The zero-order valence-corrected chi connectivity index (χ0v) is 18.7. The van der Waals surface area contributed by atoms with Gasteiger partial charge in [0, 0.05) is 46.3 Å². The largest absolute Gasteiger partial charge is 0.340 e. The third-order valence-corrected chi connectivity index (χ3v) is 9.70. The Morgan fingerprint density at radius 3 is 2.31 bits per heavy atom. The van der Waals surface area contributed by atoms with E-state index in [0.717, 1.165) is 0 Å². The van der Waals surface area contributed by atoms with Crippen LogP contribution in [0.25, 0.3) is 0 Å². The Balaban J connectivity index is 1.67. The molecule has 3 rings (SSSR count). The molecule has 29 heavy (non-hydrogen) atoms. The maximum Gasteiger partial charge on any atom is 0.246 e. The molecule has 1 aromatic rings. The molecule has 2 fully saturated rings. The highest BCUT2D eigenvalue weighted by Crippen LogP contribution is 2.26. The van der Waals surface area contributed by atoms with E-state index in [4.69, 9.17) is 0 Å². The van der Waals surface area contributed by atoms with E-state index in [9.17, 15) is 21.6 Å². The highest BCUT2D eigenvalue weighted by atomic mass is 32.2. The summed E-state index contributed by atoms with van der Waals surface area (Å²) >= 11 is 0. The minimum absolute atomic E-state index is 0.0458. The summed E-state index contributed by atoms with van der Waals surface area (Å²) in [4.78, 5) is 14.8. The minimum atomic E-state index is -3.71. The molecule has 1 amide bonds. The van der Waals surface area contributed by atoms with Gasteiger partial charge in [-0.2, -0.15) is 13.7 Å². The molecule has 2 saturated heterocycles. The normalized spacial score (nSPS) is 22.7. The monoisotopic (exact) mass is 447 g/mol. The topological polar surface area (TPSA) is 113 Å². The van der Waals surface area contributed by atoms with Crippen molar-refractivity contribution in [3.8, 4) is 0 Å². The van der Waals surface area contributed by atoms with Crippen molar-refractivity contribution in [3.63, 3.8) is 0 Å². The lowest BCUT2D eigenvalue weighted by molar-refractivity contribution is -0.137. The fourth-order valence-corrected chi connectivity index (χ4v) is 6.65. The smallest absolute Gasteiger partial charge is 0.246 e. The molecule has 1 atom stereocenters. The second-order valence-electron chi connectivity index (χ2n) is 7.54. The first-order chi connectivity index (χ1) is 13.6. The molecule has 0 spiro atoms. The van der Waals surface area contributed by atoms with Gasteiger partial charge in [-0.05, 0) is 26.7 Å². The zero-order chi connectivity index (χ0) is 21.4. The van der Waals surface area contributed by atoms with Crippen molar-refractivity contribution in [1.29, 1.82) is 0 Å². The van der Waals surface area contributed by atoms with E-state index in [1.807, 2.05) is 0 Å². The third-order valence-electron chi connectivity index (χ3n) is 5.85. The highest BCUT2D eigenvalue weighted by Gasteiger charge is 2.37. The van der Waals surface area contributed by atoms with Gasteiger partial charge in [0.25, 0.3) is 0 Å². The fourth-order valence-electron chi connectivity index (χ4n) is 3.86. The summed E-state index contributed by atoms with van der Waals surface area (Å²) in [7, 11) is -5.28. The number of carbonyl (C=O) groups excluding carboxylic acids is 1. The van der Waals surface area contributed by atoms with Gasteiger partial charge < -0.3 is 4.90 Å². The predicted octanol–water partition coefficient (Wildman–Crippen LogP) is -0.377. The number of nitrogens with zero attached hydrogens (tertiary/aromatic N) is 5. The van der Waals surface area contributed by atoms with E-state index >= 15 is 0 Å². The van der Waals surface area contributed by atoms with E-state index in [1.165, 1.54) is 19.5 Å². The van der Waals surface area contributed by atoms with Crippen LogP contribution in [-0.4, -0.2) is 91.1 Å². The lowest BCUT2D eigenvalue weighted by atomic mass is 9.98. The molecule has 164 valence electrons. The minimum Gasteiger partial charge on any atom is -0.340 e. The first-order valence-corrected chi connectivity index (χ1v) is 12.9. The van der Waals surface area contributed by atoms with Crippen LogP contribution < -0.4 is 0 Å². The molecular formula is C17H29N5O5S2. The van der Waals surface area contributed by atoms with Crippen molar-refractivity contribution >= 4 is 26.0 Å². The molecule has 12 heteroatoms. The molecule has 1 aromatic heterocycles. The van der Waals surface area contributed by atoms with Gasteiger partial charge in [-0.1, -0.05) is 0 Å². The van der Waals surface area contributed by atoms with Crippen LogP contribution in [0.4, 0.5) is 0 Å². The van der Waals surface area contributed by atoms with Crippen LogP contribution in [0.5, 0.6) is 0 Å². The SMILES string of the molecule is CCS(=O)(=O)N1CCN(C(=O)C2CCCN(S(=O)(=O)c3cnn(C)c3C)C2)CC1. The molecule has 2 aliphatic heterocycles. The summed E-state index contributed by atoms with van der Waals surface area (Å²) in [5.41, 5.74) is 0.562. The van der Waals surface area contributed by atoms with Gasteiger partial charge in [0.1, 0.15) is 4.90 Å². The van der Waals surface area contributed by atoms with Crippen LogP contribution >= 0.6 is 0 Å². The molecule has 0 radical (unpaired) electrons. The van der Waals surface area contributed by atoms with Crippen LogP contribution in [0, 0.1) is 12.8 Å². The predicted molar refractivity (Wildman–Crippen MR) is 107 cm³/mol. The maximum absolute atomic E-state index is 13.0. The summed E-state index contributed by atoms with van der Waals surface area (Å²) < 4.78 is 54.3. The fraction of sp³-hybridized carbons (Fsp3) is 0.765. The lowest BCUT2D eigenvalue weighted by Crippen LogP contribution is -2.54. The second kappa shape index (κ2) is 8.32. The number of hydrogen-bond donors (Lipinski definition) is 0. The molecular weight excluding hydrogens is 418 g/mol. The number of piperidine rings is 1. The van der Waals surface area contributed by atoms with E-state index < -0.39 is 26.0 Å². The Bertz CT molecular complexity index is 964. The van der Waals surface area contributed by atoms with E-state index in [-0.39, 0.29) is 36.2 Å². The molecule has 10 nitrogen and oxygen atoms in total. The van der Waals surface area contributed by atoms with E-state index in [1.54, 1.807) is 25.8 Å². The zero-order valence-electron chi connectivity index (χ0n) is 17.1. The van der Waals surface area contributed by atoms with Crippen molar-refractivity contribution in [2.45, 2.75) is 31.6 Å². The molecule has 0 bridgehead atoms. The highest BCUT2D eigenvalue weighted by molar-refractivity contribution is 7.89. The van der Waals surface area contributed by atoms with Crippen LogP contribution in [0.2, 0.25) is 0 Å².